The smallest absolute Gasteiger partial charge is 0.255 e. The van der Waals surface area contributed by atoms with Crippen LogP contribution < -0.4 is 15.4 Å². The number of methoxy groups -OCH3 is 1. The SMILES string of the molecule is COc1cccc(CNC(=O)[C@H](NC(=O)[C@H]2Cc3c([nH]c4ccccc34)[C@@H]3c4ccccc4C(=O)N32)C(C)C)c1. The third-order valence-corrected chi connectivity index (χ3v) is 8.00. The predicted octanol–water partition coefficient (Wildman–Crippen LogP) is 4.10. The van der Waals surface area contributed by atoms with Gasteiger partial charge in [0, 0.05) is 35.1 Å². The number of hydrogen-bond acceptors (Lipinski definition) is 4. The second-order valence-electron chi connectivity index (χ2n) is 10.8. The van der Waals surface area contributed by atoms with E-state index in [2.05, 4.69) is 15.6 Å². The lowest BCUT2D eigenvalue weighted by Gasteiger charge is -2.38. The van der Waals surface area contributed by atoms with E-state index < -0.39 is 18.1 Å². The van der Waals surface area contributed by atoms with Crippen LogP contribution in [0.2, 0.25) is 0 Å². The van der Waals surface area contributed by atoms with E-state index in [1.807, 2.05) is 86.6 Å². The molecule has 3 aromatic carbocycles. The van der Waals surface area contributed by atoms with E-state index in [0.717, 1.165) is 33.3 Å². The number of aromatic nitrogens is 1. The number of rotatable bonds is 7. The number of carbonyl (C=O) groups excluding carboxylic acids is 3. The Kier molecular flexibility index (Phi) is 6.54. The van der Waals surface area contributed by atoms with E-state index in [0.29, 0.717) is 24.3 Å². The molecule has 0 bridgehead atoms. The second-order valence-corrected chi connectivity index (χ2v) is 10.8. The molecular weight excluding hydrogens is 504 g/mol. The molecule has 0 aliphatic carbocycles. The first-order valence-corrected chi connectivity index (χ1v) is 13.6. The van der Waals surface area contributed by atoms with Gasteiger partial charge in [0.1, 0.15) is 17.8 Å². The van der Waals surface area contributed by atoms with Crippen molar-refractivity contribution >= 4 is 28.6 Å². The third-order valence-electron chi connectivity index (χ3n) is 8.00. The van der Waals surface area contributed by atoms with Crippen molar-refractivity contribution in [3.05, 3.63) is 101 Å². The molecule has 3 amide bonds. The summed E-state index contributed by atoms with van der Waals surface area (Å²) >= 11 is 0. The molecular formula is C32H32N4O4. The number of ether oxygens (including phenoxy) is 1. The van der Waals surface area contributed by atoms with Crippen LogP contribution in [0.5, 0.6) is 5.75 Å². The Balaban J connectivity index is 1.29. The molecule has 0 radical (unpaired) electrons. The number of H-pyrrole nitrogens is 1. The minimum atomic E-state index is -0.763. The monoisotopic (exact) mass is 536 g/mol. The van der Waals surface area contributed by atoms with Gasteiger partial charge in [0.05, 0.1) is 13.2 Å². The molecule has 0 spiro atoms. The summed E-state index contributed by atoms with van der Waals surface area (Å²) in [6.45, 7) is 4.10. The summed E-state index contributed by atoms with van der Waals surface area (Å²) in [5, 5.41) is 6.99. The number of amides is 3. The van der Waals surface area contributed by atoms with Gasteiger partial charge in [-0.2, -0.15) is 0 Å². The standard InChI is InChI=1S/C32H32N4O4/c1-18(2)27(31(38)33-17-19-9-8-10-20(15-19)40-3)35-30(37)26-16-24-21-11-6-7-14-25(21)34-28(24)29-22-12-4-5-13-23(22)32(39)36(26)29/h4-15,18,26-27,29,34H,16-17H2,1-3H3,(H,33,38)(H,35,37)/t26-,27-,29+/m1/s1. The third kappa shape index (κ3) is 4.29. The van der Waals surface area contributed by atoms with Crippen molar-refractivity contribution in [2.75, 3.05) is 7.11 Å². The van der Waals surface area contributed by atoms with E-state index in [-0.39, 0.29) is 23.6 Å². The number of fused-ring (bicyclic) bond motifs is 7. The number of hydrogen-bond donors (Lipinski definition) is 3. The van der Waals surface area contributed by atoms with E-state index in [9.17, 15) is 14.4 Å². The number of carbonyl (C=O) groups is 3. The Hall–Kier alpha value is -4.59. The second kappa shape index (κ2) is 10.2. The van der Waals surface area contributed by atoms with Gasteiger partial charge >= 0.3 is 0 Å². The van der Waals surface area contributed by atoms with Gasteiger partial charge in [-0.1, -0.05) is 62.4 Å². The highest BCUT2D eigenvalue weighted by molar-refractivity contribution is 6.04. The minimum Gasteiger partial charge on any atom is -0.497 e. The lowest BCUT2D eigenvalue weighted by Crippen LogP contribution is -2.57. The molecule has 8 heteroatoms. The summed E-state index contributed by atoms with van der Waals surface area (Å²) in [6, 6.07) is 21.1. The van der Waals surface area contributed by atoms with E-state index >= 15 is 0 Å². The van der Waals surface area contributed by atoms with Gasteiger partial charge in [-0.05, 0) is 46.9 Å². The molecule has 4 aromatic rings. The van der Waals surface area contributed by atoms with Gasteiger partial charge in [0.15, 0.2) is 0 Å². The number of para-hydroxylation sites is 1. The molecule has 3 heterocycles. The quantitative estimate of drug-likeness (QED) is 0.331. The van der Waals surface area contributed by atoms with E-state index in [4.69, 9.17) is 4.74 Å². The summed E-state index contributed by atoms with van der Waals surface area (Å²) < 4.78 is 5.28. The Bertz CT molecular complexity index is 1620. The van der Waals surface area contributed by atoms with Crippen LogP contribution in [0.15, 0.2) is 72.8 Å². The molecule has 0 saturated heterocycles. The Morgan fingerprint density at radius 2 is 1.82 bits per heavy atom. The summed E-state index contributed by atoms with van der Waals surface area (Å²) in [5.41, 5.74) is 5.33. The highest BCUT2D eigenvalue weighted by Crippen LogP contribution is 2.46. The van der Waals surface area contributed by atoms with Crippen LogP contribution in [-0.2, 0) is 22.6 Å². The average molecular weight is 537 g/mol. The van der Waals surface area contributed by atoms with Crippen LogP contribution >= 0.6 is 0 Å². The fraction of sp³-hybridized carbons (Fsp3) is 0.281. The summed E-state index contributed by atoms with van der Waals surface area (Å²) in [5.74, 6) is -0.239. The van der Waals surface area contributed by atoms with Crippen LogP contribution in [-0.4, -0.2) is 46.8 Å². The lowest BCUT2D eigenvalue weighted by atomic mass is 9.89. The van der Waals surface area contributed by atoms with Gasteiger partial charge in [0.25, 0.3) is 5.91 Å². The molecule has 6 rings (SSSR count). The number of nitrogens with one attached hydrogen (secondary N) is 3. The highest BCUT2D eigenvalue weighted by atomic mass is 16.5. The molecule has 3 N–H and O–H groups in total. The highest BCUT2D eigenvalue weighted by Gasteiger charge is 2.49. The fourth-order valence-electron chi connectivity index (χ4n) is 6.00. The van der Waals surface area contributed by atoms with Gasteiger partial charge in [-0.15, -0.1) is 0 Å². The van der Waals surface area contributed by atoms with Gasteiger partial charge in [0.2, 0.25) is 11.8 Å². The topological polar surface area (TPSA) is 104 Å². The van der Waals surface area contributed by atoms with Crippen LogP contribution in [0.25, 0.3) is 10.9 Å². The van der Waals surface area contributed by atoms with Crippen molar-refractivity contribution in [2.45, 2.75) is 44.9 Å². The molecule has 1 aromatic heterocycles. The van der Waals surface area contributed by atoms with Crippen molar-refractivity contribution in [3.63, 3.8) is 0 Å². The molecule has 40 heavy (non-hydrogen) atoms. The van der Waals surface area contributed by atoms with Crippen molar-refractivity contribution in [1.29, 1.82) is 0 Å². The Morgan fingerprint density at radius 1 is 1.05 bits per heavy atom. The molecule has 2 aliphatic rings. The zero-order chi connectivity index (χ0) is 28.0. The van der Waals surface area contributed by atoms with Gasteiger partial charge in [-0.3, -0.25) is 14.4 Å². The van der Waals surface area contributed by atoms with Crippen LogP contribution in [0.4, 0.5) is 0 Å². The molecule has 8 nitrogen and oxygen atoms in total. The molecule has 2 aliphatic heterocycles. The van der Waals surface area contributed by atoms with E-state index in [1.54, 1.807) is 12.0 Å². The lowest BCUT2D eigenvalue weighted by molar-refractivity contribution is -0.133. The molecule has 3 atom stereocenters. The Morgan fingerprint density at radius 3 is 2.62 bits per heavy atom. The van der Waals surface area contributed by atoms with Crippen molar-refractivity contribution in [3.8, 4) is 5.75 Å². The fourth-order valence-corrected chi connectivity index (χ4v) is 6.00. The maximum atomic E-state index is 14.0. The average Bonchev–Trinajstić information content (AvgIpc) is 3.49. The van der Waals surface area contributed by atoms with E-state index in [1.165, 1.54) is 0 Å². The normalized spacial score (nSPS) is 18.2. The number of aromatic amines is 1. The van der Waals surface area contributed by atoms with Crippen LogP contribution in [0.3, 0.4) is 0 Å². The van der Waals surface area contributed by atoms with Gasteiger partial charge in [-0.25, -0.2) is 0 Å². The zero-order valence-electron chi connectivity index (χ0n) is 22.7. The zero-order valence-corrected chi connectivity index (χ0v) is 22.7. The summed E-state index contributed by atoms with van der Waals surface area (Å²) in [7, 11) is 1.60. The molecule has 0 unspecified atom stereocenters. The summed E-state index contributed by atoms with van der Waals surface area (Å²) in [4.78, 5) is 46.2. The maximum absolute atomic E-state index is 14.0. The summed E-state index contributed by atoms with van der Waals surface area (Å²) in [6.07, 6.45) is 0.359. The first kappa shape index (κ1) is 25.7. The molecule has 204 valence electrons. The number of nitrogens with zero attached hydrogens (tertiary/aromatic N) is 1. The van der Waals surface area contributed by atoms with Crippen molar-refractivity contribution in [1.82, 2.24) is 20.5 Å². The van der Waals surface area contributed by atoms with Crippen molar-refractivity contribution in [2.24, 2.45) is 5.92 Å². The molecule has 0 saturated carbocycles. The van der Waals surface area contributed by atoms with Crippen LogP contribution in [0.1, 0.15) is 52.6 Å². The minimum absolute atomic E-state index is 0.163. The first-order chi connectivity index (χ1) is 19.4. The first-order valence-electron chi connectivity index (χ1n) is 13.6. The predicted molar refractivity (Wildman–Crippen MR) is 152 cm³/mol. The van der Waals surface area contributed by atoms with Crippen molar-refractivity contribution < 1.29 is 19.1 Å². The number of benzene rings is 3. The maximum Gasteiger partial charge on any atom is 0.255 e. The van der Waals surface area contributed by atoms with Gasteiger partial charge < -0.3 is 25.3 Å². The Labute approximate surface area is 232 Å². The largest absolute Gasteiger partial charge is 0.497 e. The van der Waals surface area contributed by atoms with Crippen LogP contribution in [0, 0.1) is 5.92 Å². The molecule has 0 fully saturated rings.